The lowest BCUT2D eigenvalue weighted by Gasteiger charge is -2.20. The van der Waals surface area contributed by atoms with Gasteiger partial charge >= 0.3 is 6.09 Å². The summed E-state index contributed by atoms with van der Waals surface area (Å²) < 4.78 is 13.4. The highest BCUT2D eigenvalue weighted by molar-refractivity contribution is 9.10. The van der Waals surface area contributed by atoms with E-state index in [9.17, 15) is 9.59 Å². The SMILES string of the molecule is CC(C)(C)OC(=O)Nc1ccc(-c2c(Br)c(C(N)=O)c3n2CCOC3)cc1. The van der Waals surface area contributed by atoms with Crippen LogP contribution in [0.3, 0.4) is 0 Å². The van der Waals surface area contributed by atoms with Crippen LogP contribution in [0.4, 0.5) is 10.5 Å². The van der Waals surface area contributed by atoms with Crippen LogP contribution in [0.2, 0.25) is 0 Å². The van der Waals surface area contributed by atoms with E-state index in [-0.39, 0.29) is 0 Å². The highest BCUT2D eigenvalue weighted by atomic mass is 79.9. The summed E-state index contributed by atoms with van der Waals surface area (Å²) in [6.45, 7) is 6.97. The van der Waals surface area contributed by atoms with E-state index >= 15 is 0 Å². The standard InChI is InChI=1S/C19H22BrN3O4/c1-19(2,3)27-18(25)22-12-6-4-11(5-7-12)16-15(20)14(17(21)24)13-10-26-9-8-23(13)16/h4-7H,8-10H2,1-3H3,(H2,21,24)(H,22,25). The molecule has 2 heterocycles. The molecule has 3 N–H and O–H groups in total. The maximum absolute atomic E-state index is 11.9. The number of nitrogens with two attached hydrogens (primary N) is 1. The number of primary amides is 1. The molecule has 0 bridgehead atoms. The summed E-state index contributed by atoms with van der Waals surface area (Å²) in [6, 6.07) is 7.32. The smallest absolute Gasteiger partial charge is 0.412 e. The Kier molecular flexibility index (Phi) is 5.30. The molecule has 3 rings (SSSR count). The molecule has 0 saturated carbocycles. The normalized spacial score (nSPS) is 13.8. The first kappa shape index (κ1) is 19.4. The maximum atomic E-state index is 11.9. The van der Waals surface area contributed by atoms with Gasteiger partial charge in [-0.2, -0.15) is 0 Å². The molecule has 27 heavy (non-hydrogen) atoms. The average Bonchev–Trinajstić information content (AvgIpc) is 2.86. The highest BCUT2D eigenvalue weighted by Crippen LogP contribution is 2.38. The van der Waals surface area contributed by atoms with Gasteiger partial charge in [-0.25, -0.2) is 4.79 Å². The third kappa shape index (κ3) is 4.17. The van der Waals surface area contributed by atoms with Gasteiger partial charge in [-0.3, -0.25) is 10.1 Å². The van der Waals surface area contributed by atoms with Gasteiger partial charge in [-0.05, 0) is 54.4 Å². The molecule has 0 unspecified atom stereocenters. The Morgan fingerprint density at radius 3 is 2.52 bits per heavy atom. The van der Waals surface area contributed by atoms with Crippen LogP contribution >= 0.6 is 15.9 Å². The average molecular weight is 436 g/mol. The van der Waals surface area contributed by atoms with Crippen molar-refractivity contribution in [3.8, 4) is 11.3 Å². The number of nitrogens with one attached hydrogen (secondary N) is 1. The fraction of sp³-hybridized carbons (Fsp3) is 0.368. The summed E-state index contributed by atoms with van der Waals surface area (Å²) in [5.74, 6) is -0.495. The van der Waals surface area contributed by atoms with E-state index in [1.165, 1.54) is 0 Å². The number of hydrogen-bond donors (Lipinski definition) is 2. The summed E-state index contributed by atoms with van der Waals surface area (Å²) in [4.78, 5) is 23.8. The zero-order chi connectivity index (χ0) is 19.8. The molecule has 1 aromatic carbocycles. The van der Waals surface area contributed by atoms with Crippen molar-refractivity contribution in [2.24, 2.45) is 5.73 Å². The largest absolute Gasteiger partial charge is 0.444 e. The van der Waals surface area contributed by atoms with Crippen molar-refractivity contribution in [3.63, 3.8) is 0 Å². The number of hydrogen-bond acceptors (Lipinski definition) is 4. The minimum absolute atomic E-state index is 0.342. The first-order valence-corrected chi connectivity index (χ1v) is 9.35. The van der Waals surface area contributed by atoms with Gasteiger partial charge in [0.05, 0.1) is 34.6 Å². The van der Waals surface area contributed by atoms with Crippen molar-refractivity contribution in [2.45, 2.75) is 39.5 Å². The highest BCUT2D eigenvalue weighted by Gasteiger charge is 2.27. The predicted molar refractivity (Wildman–Crippen MR) is 106 cm³/mol. The number of aromatic nitrogens is 1. The van der Waals surface area contributed by atoms with Crippen molar-refractivity contribution in [1.29, 1.82) is 0 Å². The van der Waals surface area contributed by atoms with Crippen molar-refractivity contribution >= 4 is 33.6 Å². The molecule has 2 amide bonds. The minimum atomic E-state index is -0.562. The predicted octanol–water partition coefficient (Wildman–Crippen LogP) is 3.89. The number of anilines is 1. The number of ether oxygens (including phenoxy) is 2. The number of nitrogens with zero attached hydrogens (tertiary/aromatic N) is 1. The Labute approximate surface area is 165 Å². The molecular weight excluding hydrogens is 414 g/mol. The first-order valence-electron chi connectivity index (χ1n) is 8.56. The van der Waals surface area contributed by atoms with Gasteiger partial charge in [-0.15, -0.1) is 0 Å². The molecule has 7 nitrogen and oxygen atoms in total. The lowest BCUT2D eigenvalue weighted by atomic mass is 10.1. The van der Waals surface area contributed by atoms with Gasteiger partial charge in [-0.1, -0.05) is 12.1 Å². The van der Waals surface area contributed by atoms with Gasteiger partial charge in [0.25, 0.3) is 5.91 Å². The van der Waals surface area contributed by atoms with E-state index in [0.29, 0.717) is 35.5 Å². The molecule has 8 heteroatoms. The van der Waals surface area contributed by atoms with Crippen LogP contribution in [-0.2, 0) is 22.6 Å². The number of rotatable bonds is 3. The van der Waals surface area contributed by atoms with E-state index in [2.05, 4.69) is 21.2 Å². The van der Waals surface area contributed by atoms with E-state index in [0.717, 1.165) is 17.0 Å². The summed E-state index contributed by atoms with van der Waals surface area (Å²) in [5.41, 5.74) is 8.59. The number of amides is 2. The van der Waals surface area contributed by atoms with Crippen molar-refractivity contribution in [1.82, 2.24) is 4.57 Å². The Morgan fingerprint density at radius 2 is 1.93 bits per heavy atom. The van der Waals surface area contributed by atoms with Gasteiger partial charge < -0.3 is 19.8 Å². The summed E-state index contributed by atoms with van der Waals surface area (Å²) in [5, 5.41) is 2.70. The molecule has 0 radical (unpaired) electrons. The van der Waals surface area contributed by atoms with E-state index in [1.807, 2.05) is 37.5 Å². The first-order chi connectivity index (χ1) is 12.7. The molecule has 1 aliphatic heterocycles. The molecule has 1 aromatic heterocycles. The fourth-order valence-electron chi connectivity index (χ4n) is 3.02. The Balaban J connectivity index is 1.90. The van der Waals surface area contributed by atoms with Crippen molar-refractivity contribution in [3.05, 3.63) is 40.0 Å². The van der Waals surface area contributed by atoms with Crippen LogP contribution in [0.15, 0.2) is 28.7 Å². The van der Waals surface area contributed by atoms with Crippen molar-refractivity contribution < 1.29 is 19.1 Å². The number of fused-ring (bicyclic) bond motifs is 1. The van der Waals surface area contributed by atoms with E-state index in [1.54, 1.807) is 12.1 Å². The maximum Gasteiger partial charge on any atom is 0.412 e. The van der Waals surface area contributed by atoms with Crippen LogP contribution in [0.1, 0.15) is 36.8 Å². The summed E-state index contributed by atoms with van der Waals surface area (Å²) >= 11 is 3.52. The zero-order valence-corrected chi connectivity index (χ0v) is 17.1. The van der Waals surface area contributed by atoms with E-state index < -0.39 is 17.6 Å². The van der Waals surface area contributed by atoms with Crippen LogP contribution in [0.5, 0.6) is 0 Å². The van der Waals surface area contributed by atoms with Crippen molar-refractivity contribution in [2.75, 3.05) is 11.9 Å². The van der Waals surface area contributed by atoms with Crippen LogP contribution in [-0.4, -0.2) is 28.8 Å². The third-order valence-electron chi connectivity index (χ3n) is 4.06. The van der Waals surface area contributed by atoms with Gasteiger partial charge in [0, 0.05) is 12.2 Å². The Bertz CT molecular complexity index is 882. The summed E-state index contributed by atoms with van der Waals surface area (Å²) in [6.07, 6.45) is -0.510. The van der Waals surface area contributed by atoms with E-state index in [4.69, 9.17) is 15.2 Å². The number of carbonyl (C=O) groups is 2. The Hall–Kier alpha value is -2.32. The monoisotopic (exact) mass is 435 g/mol. The summed E-state index contributed by atoms with van der Waals surface area (Å²) in [7, 11) is 0. The second kappa shape index (κ2) is 7.36. The molecule has 1 aliphatic rings. The molecule has 0 atom stereocenters. The molecule has 0 fully saturated rings. The number of carbonyl (C=O) groups excluding carboxylic acids is 2. The minimum Gasteiger partial charge on any atom is -0.444 e. The molecule has 0 saturated heterocycles. The third-order valence-corrected chi connectivity index (χ3v) is 4.83. The quantitative estimate of drug-likeness (QED) is 0.763. The zero-order valence-electron chi connectivity index (χ0n) is 15.5. The molecule has 2 aromatic rings. The molecule has 0 aliphatic carbocycles. The van der Waals surface area contributed by atoms with Crippen LogP contribution < -0.4 is 11.1 Å². The van der Waals surface area contributed by atoms with Crippen LogP contribution in [0, 0.1) is 0 Å². The van der Waals surface area contributed by atoms with Crippen LogP contribution in [0.25, 0.3) is 11.3 Å². The second-order valence-corrected chi connectivity index (χ2v) is 8.05. The number of benzene rings is 1. The van der Waals surface area contributed by atoms with Gasteiger partial charge in [0.15, 0.2) is 0 Å². The Morgan fingerprint density at radius 1 is 1.26 bits per heavy atom. The molecular formula is C19H22BrN3O4. The topological polar surface area (TPSA) is 95.6 Å². The molecule has 144 valence electrons. The lowest BCUT2D eigenvalue weighted by molar-refractivity contribution is 0.0635. The van der Waals surface area contributed by atoms with Gasteiger partial charge in [0.2, 0.25) is 0 Å². The lowest BCUT2D eigenvalue weighted by Crippen LogP contribution is -2.27. The fourth-order valence-corrected chi connectivity index (χ4v) is 3.89. The molecule has 0 spiro atoms. The van der Waals surface area contributed by atoms with Gasteiger partial charge in [0.1, 0.15) is 5.60 Å². The number of halogens is 1. The second-order valence-electron chi connectivity index (χ2n) is 7.26.